The maximum atomic E-state index is 12.7. The van der Waals surface area contributed by atoms with Crippen LogP contribution in [0.15, 0.2) is 66.7 Å². The lowest BCUT2D eigenvalue weighted by atomic mass is 9.92. The van der Waals surface area contributed by atoms with Crippen molar-refractivity contribution in [2.45, 2.75) is 32.6 Å². The first-order valence-electron chi connectivity index (χ1n) is 12.5. The highest BCUT2D eigenvalue weighted by Gasteiger charge is 2.19. The molecule has 6 heteroatoms. The summed E-state index contributed by atoms with van der Waals surface area (Å²) in [6.07, 6.45) is 7.57. The van der Waals surface area contributed by atoms with Gasteiger partial charge in [0, 0.05) is 34.6 Å². The zero-order chi connectivity index (χ0) is 25.8. The number of carbonyl (C=O) groups is 1. The fourth-order valence-electron chi connectivity index (χ4n) is 4.74. The van der Waals surface area contributed by atoms with E-state index < -0.39 is 0 Å². The summed E-state index contributed by atoms with van der Waals surface area (Å²) < 4.78 is 10.9. The summed E-state index contributed by atoms with van der Waals surface area (Å²) in [5.74, 6) is 1.16. The first kappa shape index (κ1) is 24.4. The quantitative estimate of drug-likeness (QED) is 0.276. The molecule has 5 rings (SSSR count). The molecule has 0 bridgehead atoms. The van der Waals surface area contributed by atoms with Gasteiger partial charge in [0.2, 0.25) is 5.91 Å². The number of aromatic nitrogens is 1. The fraction of sp³-hybridized carbons (Fsp3) is 0.226. The summed E-state index contributed by atoms with van der Waals surface area (Å²) in [5, 5.41) is 7.60. The Balaban J connectivity index is 1.48. The Labute approximate surface area is 217 Å². The van der Waals surface area contributed by atoms with E-state index in [9.17, 15) is 4.79 Å². The molecule has 1 aromatic heterocycles. The summed E-state index contributed by atoms with van der Waals surface area (Å²) in [6, 6.07) is 19.7. The van der Waals surface area contributed by atoms with Crippen molar-refractivity contribution in [2.24, 2.45) is 0 Å². The molecule has 0 atom stereocenters. The van der Waals surface area contributed by atoms with Gasteiger partial charge in [-0.15, -0.1) is 0 Å². The molecule has 0 radical (unpaired) electrons. The van der Waals surface area contributed by atoms with Gasteiger partial charge in [-0.1, -0.05) is 29.8 Å². The topological polar surface area (TPSA) is 72.5 Å². The number of benzene rings is 3. The average Bonchev–Trinajstić information content (AvgIpc) is 2.92. The minimum absolute atomic E-state index is 0.180. The van der Waals surface area contributed by atoms with Gasteiger partial charge >= 0.3 is 0 Å². The van der Waals surface area contributed by atoms with E-state index in [1.807, 2.05) is 73.7 Å². The highest BCUT2D eigenvalue weighted by molar-refractivity contribution is 6.04. The Morgan fingerprint density at radius 3 is 2.43 bits per heavy atom. The summed E-state index contributed by atoms with van der Waals surface area (Å²) in [4.78, 5) is 17.6. The number of hydrogen-bond donors (Lipinski definition) is 2. The molecule has 0 saturated heterocycles. The normalized spacial score (nSPS) is 12.8. The molecule has 1 heterocycles. The Kier molecular flexibility index (Phi) is 7.08. The van der Waals surface area contributed by atoms with Gasteiger partial charge in [-0.3, -0.25) is 9.78 Å². The lowest BCUT2D eigenvalue weighted by Crippen LogP contribution is -2.11. The average molecular weight is 494 g/mol. The van der Waals surface area contributed by atoms with Gasteiger partial charge in [-0.05, 0) is 80.1 Å². The van der Waals surface area contributed by atoms with Crippen LogP contribution in [0.5, 0.6) is 11.5 Å². The third-order valence-corrected chi connectivity index (χ3v) is 6.69. The molecule has 4 aromatic rings. The van der Waals surface area contributed by atoms with Crippen molar-refractivity contribution in [3.63, 3.8) is 0 Å². The largest absolute Gasteiger partial charge is 0.493 e. The van der Waals surface area contributed by atoms with E-state index in [2.05, 4.69) is 10.6 Å². The van der Waals surface area contributed by atoms with Crippen molar-refractivity contribution in [3.8, 4) is 11.5 Å². The second-order valence-electron chi connectivity index (χ2n) is 9.28. The number of nitrogens with zero attached hydrogens (tertiary/aromatic N) is 1. The first-order chi connectivity index (χ1) is 18.0. The lowest BCUT2D eigenvalue weighted by Gasteiger charge is -2.22. The summed E-state index contributed by atoms with van der Waals surface area (Å²) in [7, 11) is 3.26. The van der Waals surface area contributed by atoms with Crippen molar-refractivity contribution in [3.05, 3.63) is 89.1 Å². The molecule has 0 aliphatic heterocycles. The van der Waals surface area contributed by atoms with Crippen molar-refractivity contribution >= 4 is 39.9 Å². The molecule has 6 nitrogen and oxygen atoms in total. The SMILES string of the molecule is COc1ccc(Nc2c3c(nc4ccc(NC(=O)C=Cc5ccc(C)cc5)cc24)CCCC3)cc1OC. The first-order valence-corrected chi connectivity index (χ1v) is 12.5. The third-order valence-electron chi connectivity index (χ3n) is 6.69. The van der Waals surface area contributed by atoms with Gasteiger partial charge in [-0.2, -0.15) is 0 Å². The maximum absolute atomic E-state index is 12.7. The minimum atomic E-state index is -0.180. The molecule has 1 amide bonds. The Morgan fingerprint density at radius 1 is 0.892 bits per heavy atom. The van der Waals surface area contributed by atoms with E-state index in [1.54, 1.807) is 20.3 Å². The highest BCUT2D eigenvalue weighted by atomic mass is 16.5. The number of ether oxygens (including phenoxy) is 2. The summed E-state index contributed by atoms with van der Waals surface area (Å²) in [5.41, 5.74) is 8.08. The van der Waals surface area contributed by atoms with Crippen LogP contribution in [-0.4, -0.2) is 25.1 Å². The Bertz CT molecular complexity index is 1480. The number of aryl methyl sites for hydroxylation is 2. The molecule has 0 saturated carbocycles. The summed E-state index contributed by atoms with van der Waals surface area (Å²) >= 11 is 0. The van der Waals surface area contributed by atoms with E-state index >= 15 is 0 Å². The van der Waals surface area contributed by atoms with E-state index in [-0.39, 0.29) is 5.91 Å². The Morgan fingerprint density at radius 2 is 1.65 bits per heavy atom. The van der Waals surface area contributed by atoms with Crippen molar-refractivity contribution in [1.29, 1.82) is 0 Å². The fourth-order valence-corrected chi connectivity index (χ4v) is 4.74. The van der Waals surface area contributed by atoms with E-state index in [0.717, 1.165) is 64.9 Å². The zero-order valence-electron chi connectivity index (χ0n) is 21.4. The number of nitrogens with one attached hydrogen (secondary N) is 2. The molecule has 0 fully saturated rings. The van der Waals surface area contributed by atoms with Crippen LogP contribution >= 0.6 is 0 Å². The molecule has 2 N–H and O–H groups in total. The van der Waals surface area contributed by atoms with Gasteiger partial charge in [-0.25, -0.2) is 0 Å². The highest BCUT2D eigenvalue weighted by Crippen LogP contribution is 2.38. The monoisotopic (exact) mass is 493 g/mol. The number of carbonyl (C=O) groups excluding carboxylic acids is 1. The van der Waals surface area contributed by atoms with Crippen LogP contribution in [0.3, 0.4) is 0 Å². The number of methoxy groups -OCH3 is 2. The number of pyridine rings is 1. The van der Waals surface area contributed by atoms with Crippen LogP contribution in [0, 0.1) is 6.92 Å². The molecular weight excluding hydrogens is 462 g/mol. The van der Waals surface area contributed by atoms with Crippen LogP contribution in [0.25, 0.3) is 17.0 Å². The van der Waals surface area contributed by atoms with Crippen LogP contribution in [-0.2, 0) is 17.6 Å². The molecule has 188 valence electrons. The lowest BCUT2D eigenvalue weighted by molar-refractivity contribution is -0.111. The van der Waals surface area contributed by atoms with Crippen molar-refractivity contribution in [2.75, 3.05) is 24.9 Å². The van der Waals surface area contributed by atoms with Crippen molar-refractivity contribution in [1.82, 2.24) is 4.98 Å². The minimum Gasteiger partial charge on any atom is -0.493 e. The molecule has 3 aromatic carbocycles. The number of amides is 1. The van der Waals surface area contributed by atoms with Crippen LogP contribution < -0.4 is 20.1 Å². The van der Waals surface area contributed by atoms with Crippen LogP contribution in [0.2, 0.25) is 0 Å². The molecule has 1 aliphatic carbocycles. The van der Waals surface area contributed by atoms with Gasteiger partial charge in [0.05, 0.1) is 25.4 Å². The van der Waals surface area contributed by atoms with E-state index in [0.29, 0.717) is 11.5 Å². The zero-order valence-corrected chi connectivity index (χ0v) is 21.4. The molecule has 37 heavy (non-hydrogen) atoms. The Hall–Kier alpha value is -4.32. The number of fused-ring (bicyclic) bond motifs is 2. The third kappa shape index (κ3) is 5.43. The second-order valence-corrected chi connectivity index (χ2v) is 9.28. The number of anilines is 3. The summed E-state index contributed by atoms with van der Waals surface area (Å²) in [6.45, 7) is 2.04. The van der Waals surface area contributed by atoms with Gasteiger partial charge in [0.25, 0.3) is 0 Å². The van der Waals surface area contributed by atoms with Crippen LogP contribution in [0.1, 0.15) is 35.2 Å². The maximum Gasteiger partial charge on any atom is 0.248 e. The second kappa shape index (κ2) is 10.7. The van der Waals surface area contributed by atoms with Gasteiger partial charge < -0.3 is 20.1 Å². The predicted molar refractivity (Wildman–Crippen MR) is 150 cm³/mol. The van der Waals surface area contributed by atoms with Crippen molar-refractivity contribution < 1.29 is 14.3 Å². The van der Waals surface area contributed by atoms with E-state index in [1.165, 1.54) is 11.1 Å². The number of hydrogen-bond acceptors (Lipinski definition) is 5. The number of rotatable bonds is 7. The van der Waals surface area contributed by atoms with E-state index in [4.69, 9.17) is 14.5 Å². The smallest absolute Gasteiger partial charge is 0.248 e. The molecule has 1 aliphatic rings. The molecule has 0 unspecified atom stereocenters. The standard InChI is InChI=1S/C31H31N3O3/c1-20-8-10-21(11-9-20)12-17-30(35)32-22-13-15-27-25(18-22)31(24-6-4-5-7-26(24)34-27)33-23-14-16-28(36-2)29(19-23)37-3/h8-19H,4-7H2,1-3H3,(H,32,35)(H,33,34). The van der Waals surface area contributed by atoms with Crippen LogP contribution in [0.4, 0.5) is 17.1 Å². The van der Waals surface area contributed by atoms with Gasteiger partial charge in [0.1, 0.15) is 0 Å². The molecule has 0 spiro atoms. The molecular formula is C31H31N3O3. The van der Waals surface area contributed by atoms with Gasteiger partial charge in [0.15, 0.2) is 11.5 Å². The predicted octanol–water partition coefficient (Wildman–Crippen LogP) is 6.83.